The van der Waals surface area contributed by atoms with Gasteiger partial charge in [-0.2, -0.15) is 10.1 Å². The molecule has 1 aromatic carbocycles. The van der Waals surface area contributed by atoms with Crippen molar-refractivity contribution in [3.63, 3.8) is 0 Å². The standard InChI is InChI=1S/C17H15N5O4/c23-14-7-4-8-19-22(14)10-9-18-16(25)13-11-26-17(20-13)21-15(24)12-5-2-1-3-6-12/h1-8,11H,9-10H2,(H,18,25)(H,20,21,24). The summed E-state index contributed by atoms with van der Waals surface area (Å²) in [6.07, 6.45) is 2.63. The van der Waals surface area contributed by atoms with Gasteiger partial charge in [-0.05, 0) is 18.2 Å². The zero-order valence-corrected chi connectivity index (χ0v) is 13.6. The molecule has 0 atom stereocenters. The summed E-state index contributed by atoms with van der Waals surface area (Å²) in [4.78, 5) is 39.5. The van der Waals surface area contributed by atoms with Crippen LogP contribution in [0.5, 0.6) is 0 Å². The number of hydrogen-bond donors (Lipinski definition) is 2. The molecular formula is C17H15N5O4. The van der Waals surface area contributed by atoms with Gasteiger partial charge in [-0.3, -0.25) is 19.7 Å². The Kier molecular flexibility index (Phi) is 5.18. The van der Waals surface area contributed by atoms with E-state index in [2.05, 4.69) is 20.7 Å². The maximum atomic E-state index is 12.0. The van der Waals surface area contributed by atoms with Crippen molar-refractivity contribution in [1.82, 2.24) is 20.1 Å². The smallest absolute Gasteiger partial charge is 0.302 e. The SMILES string of the molecule is O=C(Nc1nc(C(=O)NCCn2ncccc2=O)co1)c1ccccc1. The van der Waals surface area contributed by atoms with Crippen molar-refractivity contribution in [2.24, 2.45) is 0 Å². The van der Waals surface area contributed by atoms with E-state index in [1.54, 1.807) is 30.3 Å². The molecule has 0 unspecified atom stereocenters. The first kappa shape index (κ1) is 17.1. The van der Waals surface area contributed by atoms with Gasteiger partial charge >= 0.3 is 6.01 Å². The van der Waals surface area contributed by atoms with Crippen LogP contribution in [0.4, 0.5) is 6.01 Å². The van der Waals surface area contributed by atoms with Crippen molar-refractivity contribution < 1.29 is 14.0 Å². The number of nitrogens with one attached hydrogen (secondary N) is 2. The number of oxazole rings is 1. The minimum absolute atomic E-state index is 0.0155. The van der Waals surface area contributed by atoms with Crippen LogP contribution < -0.4 is 16.2 Å². The molecule has 26 heavy (non-hydrogen) atoms. The normalized spacial score (nSPS) is 10.3. The number of carbonyl (C=O) groups is 2. The third-order valence-electron chi connectivity index (χ3n) is 3.39. The van der Waals surface area contributed by atoms with Crippen molar-refractivity contribution in [2.45, 2.75) is 6.54 Å². The molecule has 2 heterocycles. The first-order valence-electron chi connectivity index (χ1n) is 7.76. The minimum atomic E-state index is -0.488. The zero-order chi connectivity index (χ0) is 18.4. The highest BCUT2D eigenvalue weighted by Gasteiger charge is 2.14. The summed E-state index contributed by atoms with van der Waals surface area (Å²) in [5.74, 6) is -0.883. The molecule has 0 bridgehead atoms. The molecular weight excluding hydrogens is 338 g/mol. The lowest BCUT2D eigenvalue weighted by Crippen LogP contribution is -2.31. The molecule has 9 nitrogen and oxygen atoms in total. The summed E-state index contributed by atoms with van der Waals surface area (Å²) in [5.41, 5.74) is 0.202. The quantitative estimate of drug-likeness (QED) is 0.680. The van der Waals surface area contributed by atoms with Crippen LogP contribution in [-0.2, 0) is 6.54 Å². The van der Waals surface area contributed by atoms with Gasteiger partial charge in [-0.25, -0.2) is 4.68 Å². The van der Waals surface area contributed by atoms with Gasteiger partial charge < -0.3 is 9.73 Å². The molecule has 2 N–H and O–H groups in total. The summed E-state index contributed by atoms with van der Waals surface area (Å²) in [6, 6.07) is 11.4. The maximum Gasteiger partial charge on any atom is 0.302 e. The molecule has 132 valence electrons. The first-order chi connectivity index (χ1) is 12.6. The molecule has 0 aliphatic carbocycles. The monoisotopic (exact) mass is 353 g/mol. The van der Waals surface area contributed by atoms with E-state index in [9.17, 15) is 14.4 Å². The fourth-order valence-electron chi connectivity index (χ4n) is 2.12. The van der Waals surface area contributed by atoms with Crippen LogP contribution in [-0.4, -0.2) is 33.1 Å². The Hall–Kier alpha value is -3.75. The van der Waals surface area contributed by atoms with E-state index in [0.29, 0.717) is 5.56 Å². The molecule has 0 radical (unpaired) electrons. The van der Waals surface area contributed by atoms with Crippen LogP contribution in [0.25, 0.3) is 0 Å². The molecule has 2 aromatic heterocycles. The fraction of sp³-hybridized carbons (Fsp3) is 0.118. The van der Waals surface area contributed by atoms with Gasteiger partial charge in [0.25, 0.3) is 17.4 Å². The fourth-order valence-corrected chi connectivity index (χ4v) is 2.12. The van der Waals surface area contributed by atoms with Crippen LogP contribution in [0, 0.1) is 0 Å². The second-order valence-electron chi connectivity index (χ2n) is 5.20. The predicted octanol–water partition coefficient (Wildman–Crippen LogP) is 0.914. The molecule has 3 rings (SSSR count). The molecule has 0 aliphatic heterocycles. The van der Waals surface area contributed by atoms with E-state index in [0.717, 1.165) is 6.26 Å². The number of benzene rings is 1. The summed E-state index contributed by atoms with van der Waals surface area (Å²) in [6.45, 7) is 0.412. The Bertz CT molecular complexity index is 964. The number of rotatable bonds is 6. The topological polar surface area (TPSA) is 119 Å². The summed E-state index contributed by atoms with van der Waals surface area (Å²) in [7, 11) is 0. The molecule has 3 aromatic rings. The minimum Gasteiger partial charge on any atom is -0.431 e. The molecule has 0 fully saturated rings. The Morgan fingerprint density at radius 2 is 1.88 bits per heavy atom. The highest BCUT2D eigenvalue weighted by atomic mass is 16.4. The number of aromatic nitrogens is 3. The molecule has 0 saturated carbocycles. The van der Waals surface area contributed by atoms with Crippen LogP contribution >= 0.6 is 0 Å². The van der Waals surface area contributed by atoms with Gasteiger partial charge in [-0.15, -0.1) is 0 Å². The molecule has 0 saturated heterocycles. The second kappa shape index (κ2) is 7.88. The van der Waals surface area contributed by atoms with Crippen molar-refractivity contribution in [1.29, 1.82) is 0 Å². The van der Waals surface area contributed by atoms with Crippen molar-refractivity contribution in [3.05, 3.63) is 76.5 Å². The summed E-state index contributed by atoms with van der Waals surface area (Å²) < 4.78 is 6.32. The van der Waals surface area contributed by atoms with Gasteiger partial charge in [0, 0.05) is 24.4 Å². The van der Waals surface area contributed by atoms with Crippen molar-refractivity contribution >= 4 is 17.8 Å². The average Bonchev–Trinajstić information content (AvgIpc) is 3.12. The number of nitrogens with zero attached hydrogens (tertiary/aromatic N) is 3. The van der Waals surface area contributed by atoms with Gasteiger partial charge in [0.05, 0.1) is 6.54 Å². The van der Waals surface area contributed by atoms with E-state index in [4.69, 9.17) is 4.42 Å². The van der Waals surface area contributed by atoms with E-state index in [-0.39, 0.29) is 30.4 Å². The average molecular weight is 353 g/mol. The van der Waals surface area contributed by atoms with Crippen LogP contribution in [0.2, 0.25) is 0 Å². The number of amides is 2. The van der Waals surface area contributed by atoms with E-state index >= 15 is 0 Å². The van der Waals surface area contributed by atoms with Crippen molar-refractivity contribution in [3.8, 4) is 0 Å². The maximum absolute atomic E-state index is 12.0. The van der Waals surface area contributed by atoms with Gasteiger partial charge in [0.15, 0.2) is 5.69 Å². The van der Waals surface area contributed by atoms with E-state index in [1.807, 2.05) is 0 Å². The third kappa shape index (κ3) is 4.20. The Morgan fingerprint density at radius 1 is 1.08 bits per heavy atom. The highest BCUT2D eigenvalue weighted by molar-refractivity contribution is 6.03. The molecule has 2 amide bonds. The lowest BCUT2D eigenvalue weighted by molar-refractivity contribution is 0.0945. The Labute approximate surface area is 147 Å². The third-order valence-corrected chi connectivity index (χ3v) is 3.39. The number of anilines is 1. The predicted molar refractivity (Wildman–Crippen MR) is 91.7 cm³/mol. The van der Waals surface area contributed by atoms with Crippen molar-refractivity contribution in [2.75, 3.05) is 11.9 Å². The Morgan fingerprint density at radius 3 is 2.65 bits per heavy atom. The lowest BCUT2D eigenvalue weighted by atomic mass is 10.2. The van der Waals surface area contributed by atoms with Gasteiger partial charge in [-0.1, -0.05) is 18.2 Å². The van der Waals surface area contributed by atoms with Gasteiger partial charge in [0.1, 0.15) is 6.26 Å². The second-order valence-corrected chi connectivity index (χ2v) is 5.20. The van der Waals surface area contributed by atoms with Crippen LogP contribution in [0.3, 0.4) is 0 Å². The Balaban J connectivity index is 1.54. The molecule has 9 heteroatoms. The highest BCUT2D eigenvalue weighted by Crippen LogP contribution is 2.09. The molecule has 0 spiro atoms. The first-order valence-corrected chi connectivity index (χ1v) is 7.76. The van der Waals surface area contributed by atoms with Gasteiger partial charge in [0.2, 0.25) is 0 Å². The lowest BCUT2D eigenvalue weighted by Gasteiger charge is -2.04. The number of hydrogen-bond acceptors (Lipinski definition) is 6. The number of carbonyl (C=O) groups excluding carboxylic acids is 2. The largest absolute Gasteiger partial charge is 0.431 e. The van der Waals surface area contributed by atoms with Crippen LogP contribution in [0.15, 0.2) is 64.1 Å². The summed E-state index contributed by atoms with van der Waals surface area (Å²) in [5, 5.41) is 8.95. The van der Waals surface area contributed by atoms with E-state index < -0.39 is 11.8 Å². The molecule has 0 aliphatic rings. The summed E-state index contributed by atoms with van der Waals surface area (Å²) >= 11 is 0. The zero-order valence-electron chi connectivity index (χ0n) is 13.6. The van der Waals surface area contributed by atoms with Crippen LogP contribution in [0.1, 0.15) is 20.8 Å². The van der Waals surface area contributed by atoms with E-state index in [1.165, 1.54) is 23.0 Å².